The van der Waals surface area contributed by atoms with Crippen molar-refractivity contribution >= 4 is 11.9 Å². The monoisotopic (exact) mass is 717 g/mol. The fourth-order valence-corrected chi connectivity index (χ4v) is 6.42. The molecule has 1 rings (SSSR count). The zero-order valence-corrected chi connectivity index (χ0v) is 31.9. The van der Waals surface area contributed by atoms with Crippen LogP contribution >= 0.6 is 0 Å². The molecule has 1 saturated heterocycles. The normalized spacial score (nSPS) is 21.3. The van der Waals surface area contributed by atoms with Crippen LogP contribution in [0.2, 0.25) is 0 Å². The van der Waals surface area contributed by atoms with Gasteiger partial charge in [-0.15, -0.1) is 0 Å². The summed E-state index contributed by atoms with van der Waals surface area (Å²) in [5, 5.41) is 39.9. The van der Waals surface area contributed by atoms with Crippen LogP contribution in [0.25, 0.3) is 0 Å². The lowest BCUT2D eigenvalue weighted by molar-refractivity contribution is -0.305. The van der Waals surface area contributed by atoms with Crippen LogP contribution in [-0.2, 0) is 28.5 Å². The molecular formula is C40H76O10. The molecule has 0 amide bonds. The van der Waals surface area contributed by atoms with E-state index in [1.807, 2.05) is 0 Å². The molecule has 0 aromatic rings. The summed E-state index contributed by atoms with van der Waals surface area (Å²) < 4.78 is 22.1. The Kier molecular flexibility index (Phi) is 30.2. The van der Waals surface area contributed by atoms with Crippen LogP contribution < -0.4 is 0 Å². The minimum Gasteiger partial charge on any atom is -0.462 e. The average molecular weight is 717 g/mol. The number of aliphatic hydroxyl groups excluding tert-OH is 4. The van der Waals surface area contributed by atoms with Gasteiger partial charge in [0.2, 0.25) is 0 Å². The Morgan fingerprint density at radius 2 is 0.940 bits per heavy atom. The van der Waals surface area contributed by atoms with Gasteiger partial charge in [-0.2, -0.15) is 0 Å². The minimum absolute atomic E-state index is 0.210. The highest BCUT2D eigenvalue weighted by atomic mass is 16.7. The third-order valence-corrected chi connectivity index (χ3v) is 9.74. The highest BCUT2D eigenvalue weighted by Gasteiger charge is 2.44. The first-order valence-electron chi connectivity index (χ1n) is 20.6. The smallest absolute Gasteiger partial charge is 0.306 e. The number of carbonyl (C=O) groups is 2. The second-order valence-corrected chi connectivity index (χ2v) is 14.5. The van der Waals surface area contributed by atoms with Gasteiger partial charge in [0.25, 0.3) is 0 Å². The maximum absolute atomic E-state index is 12.7. The van der Waals surface area contributed by atoms with Crippen LogP contribution in [0.15, 0.2) is 0 Å². The third-order valence-electron chi connectivity index (χ3n) is 9.74. The van der Waals surface area contributed by atoms with Crippen molar-refractivity contribution in [2.45, 2.75) is 224 Å². The van der Waals surface area contributed by atoms with Crippen molar-refractivity contribution in [1.82, 2.24) is 0 Å². The number of ether oxygens (including phenoxy) is 4. The second kappa shape index (κ2) is 32.4. The third kappa shape index (κ3) is 24.0. The molecular weight excluding hydrogens is 640 g/mol. The molecule has 296 valence electrons. The van der Waals surface area contributed by atoms with Crippen molar-refractivity contribution in [2.24, 2.45) is 0 Å². The number of carbonyl (C=O) groups excluding carboxylic acids is 2. The molecule has 10 nitrogen and oxygen atoms in total. The molecule has 1 fully saturated rings. The fraction of sp³-hybridized carbons (Fsp3) is 0.950. The van der Waals surface area contributed by atoms with Crippen molar-refractivity contribution in [2.75, 3.05) is 19.8 Å². The molecule has 0 aromatic heterocycles. The van der Waals surface area contributed by atoms with Gasteiger partial charge >= 0.3 is 11.9 Å². The van der Waals surface area contributed by atoms with Gasteiger partial charge in [0.05, 0.1) is 13.2 Å². The van der Waals surface area contributed by atoms with E-state index in [-0.39, 0.29) is 32.0 Å². The predicted octanol–water partition coefficient (Wildman–Crippen LogP) is 7.83. The van der Waals surface area contributed by atoms with E-state index in [0.29, 0.717) is 6.42 Å². The van der Waals surface area contributed by atoms with Crippen molar-refractivity contribution in [3.05, 3.63) is 0 Å². The minimum atomic E-state index is -1.59. The molecule has 4 N–H and O–H groups in total. The Bertz CT molecular complexity index is 794. The Labute approximate surface area is 304 Å². The van der Waals surface area contributed by atoms with Gasteiger partial charge in [-0.25, -0.2) is 0 Å². The number of rotatable bonds is 34. The van der Waals surface area contributed by atoms with Gasteiger partial charge in [-0.3, -0.25) is 9.59 Å². The maximum Gasteiger partial charge on any atom is 0.306 e. The van der Waals surface area contributed by atoms with Gasteiger partial charge in [0.1, 0.15) is 31.0 Å². The van der Waals surface area contributed by atoms with Crippen LogP contribution in [0, 0.1) is 0 Å². The van der Waals surface area contributed by atoms with E-state index in [1.165, 1.54) is 116 Å². The molecule has 0 radical (unpaired) electrons. The lowest BCUT2D eigenvalue weighted by Gasteiger charge is -2.39. The van der Waals surface area contributed by atoms with E-state index < -0.39 is 49.4 Å². The van der Waals surface area contributed by atoms with Crippen molar-refractivity contribution in [3.63, 3.8) is 0 Å². The Morgan fingerprint density at radius 1 is 0.540 bits per heavy atom. The molecule has 0 aliphatic carbocycles. The summed E-state index contributed by atoms with van der Waals surface area (Å²) >= 11 is 0. The zero-order chi connectivity index (χ0) is 36.7. The van der Waals surface area contributed by atoms with Crippen LogP contribution in [0.1, 0.15) is 187 Å². The fourth-order valence-electron chi connectivity index (χ4n) is 6.42. The molecule has 0 saturated carbocycles. The lowest BCUT2D eigenvalue weighted by Crippen LogP contribution is -2.59. The van der Waals surface area contributed by atoms with Crippen LogP contribution in [0.4, 0.5) is 0 Å². The van der Waals surface area contributed by atoms with E-state index in [1.54, 1.807) is 0 Å². The number of hydrogen-bond donors (Lipinski definition) is 4. The lowest BCUT2D eigenvalue weighted by atomic mass is 9.99. The number of esters is 2. The summed E-state index contributed by atoms with van der Waals surface area (Å²) in [6.07, 6.45) is 22.5. The molecule has 10 heteroatoms. The van der Waals surface area contributed by atoms with Crippen molar-refractivity contribution in [1.29, 1.82) is 0 Å². The molecule has 0 bridgehead atoms. The molecule has 2 unspecified atom stereocenters. The first kappa shape index (κ1) is 46.7. The van der Waals surface area contributed by atoms with Crippen LogP contribution in [0.3, 0.4) is 0 Å². The van der Waals surface area contributed by atoms with Gasteiger partial charge in [-0.05, 0) is 12.8 Å². The van der Waals surface area contributed by atoms with Gasteiger partial charge in [0, 0.05) is 12.8 Å². The van der Waals surface area contributed by atoms with Gasteiger partial charge in [0.15, 0.2) is 12.4 Å². The second-order valence-electron chi connectivity index (χ2n) is 14.5. The molecule has 1 aliphatic heterocycles. The average Bonchev–Trinajstić information content (AvgIpc) is 3.11. The summed E-state index contributed by atoms with van der Waals surface area (Å²) in [5.74, 6) is -0.797. The van der Waals surface area contributed by atoms with E-state index in [4.69, 9.17) is 18.9 Å². The summed E-state index contributed by atoms with van der Waals surface area (Å²) in [6.45, 7) is 3.42. The summed E-state index contributed by atoms with van der Waals surface area (Å²) in [4.78, 5) is 25.2. The molecule has 1 aliphatic rings. The van der Waals surface area contributed by atoms with Crippen molar-refractivity contribution in [3.8, 4) is 0 Å². The first-order chi connectivity index (χ1) is 24.3. The quantitative estimate of drug-likeness (QED) is 0.0383. The number of aliphatic hydroxyl groups is 4. The summed E-state index contributed by atoms with van der Waals surface area (Å²) in [6, 6.07) is 0. The Morgan fingerprint density at radius 3 is 1.36 bits per heavy atom. The van der Waals surface area contributed by atoms with E-state index in [0.717, 1.165) is 38.5 Å². The maximum atomic E-state index is 12.7. The van der Waals surface area contributed by atoms with Crippen molar-refractivity contribution < 1.29 is 49.0 Å². The highest BCUT2D eigenvalue weighted by Crippen LogP contribution is 2.23. The molecule has 1 heterocycles. The van der Waals surface area contributed by atoms with Gasteiger partial charge < -0.3 is 39.4 Å². The SMILES string of the molecule is CCCCCCCCCCCCCCCCC(=O)O[C@H](COC(=O)CCCCCCCCCCCCC)CO[C@@H]1O[C@H](CO)[C@H](O)C(O)C1O. The topological polar surface area (TPSA) is 152 Å². The van der Waals surface area contributed by atoms with E-state index >= 15 is 0 Å². The van der Waals surface area contributed by atoms with Gasteiger partial charge in [-0.1, -0.05) is 162 Å². The Hall–Kier alpha value is -1.30. The molecule has 6 atom stereocenters. The Balaban J connectivity index is 2.36. The number of hydrogen-bond acceptors (Lipinski definition) is 10. The molecule has 50 heavy (non-hydrogen) atoms. The van der Waals surface area contributed by atoms with Crippen LogP contribution in [0.5, 0.6) is 0 Å². The van der Waals surface area contributed by atoms with Crippen LogP contribution in [-0.4, -0.2) is 89.0 Å². The zero-order valence-electron chi connectivity index (χ0n) is 31.9. The largest absolute Gasteiger partial charge is 0.462 e. The summed E-state index contributed by atoms with van der Waals surface area (Å²) in [7, 11) is 0. The molecule has 0 spiro atoms. The summed E-state index contributed by atoms with van der Waals surface area (Å²) in [5.41, 5.74) is 0. The highest BCUT2D eigenvalue weighted by molar-refractivity contribution is 5.70. The van der Waals surface area contributed by atoms with E-state index in [2.05, 4.69) is 13.8 Å². The predicted molar refractivity (Wildman–Crippen MR) is 197 cm³/mol. The molecule has 0 aromatic carbocycles. The number of unbranched alkanes of at least 4 members (excludes halogenated alkanes) is 23. The standard InChI is InChI=1S/C40H76O10/c1-3-5-7-9-11-13-15-16-17-19-21-23-25-27-29-36(43)49-33(32-48-40-39(46)38(45)37(44)34(30-41)50-40)31-47-35(42)28-26-24-22-20-18-14-12-10-8-6-4-2/h33-34,37-41,44-46H,3-32H2,1-2H3/t33-,34-,37+,38?,39?,40-/m1/s1. The first-order valence-corrected chi connectivity index (χ1v) is 20.6. The van der Waals surface area contributed by atoms with E-state index in [9.17, 15) is 30.0 Å².